The first-order valence-corrected chi connectivity index (χ1v) is 7.87. The highest BCUT2D eigenvalue weighted by Crippen LogP contribution is 2.27. The van der Waals surface area contributed by atoms with Gasteiger partial charge in [0.2, 0.25) is 0 Å². The van der Waals surface area contributed by atoms with Crippen molar-refractivity contribution in [2.75, 3.05) is 7.11 Å². The van der Waals surface area contributed by atoms with Gasteiger partial charge in [0.1, 0.15) is 5.75 Å². The number of hydrogen-bond acceptors (Lipinski definition) is 3. The Morgan fingerprint density at radius 2 is 1.81 bits per heavy atom. The lowest BCUT2D eigenvalue weighted by atomic mass is 10.2. The fourth-order valence-electron chi connectivity index (χ4n) is 1.82. The maximum atomic E-state index is 13.2. The van der Waals surface area contributed by atoms with Crippen molar-refractivity contribution in [1.29, 1.82) is 0 Å². The zero-order chi connectivity index (χ0) is 15.6. The highest BCUT2D eigenvalue weighted by molar-refractivity contribution is 7.90. The van der Waals surface area contributed by atoms with Crippen molar-refractivity contribution in [2.45, 2.75) is 10.6 Å². The highest BCUT2D eigenvalue weighted by Gasteiger charge is 2.20. The van der Waals surface area contributed by atoms with Crippen LogP contribution in [0.5, 0.6) is 5.75 Å². The third-order valence-corrected chi connectivity index (χ3v) is 4.74. The molecule has 0 spiro atoms. The normalized spacial score (nSPS) is 11.4. The first kappa shape index (κ1) is 15.7. The summed E-state index contributed by atoms with van der Waals surface area (Å²) in [6.45, 7) is 0. The zero-order valence-electron chi connectivity index (χ0n) is 10.9. The van der Waals surface area contributed by atoms with E-state index in [-0.39, 0.29) is 4.90 Å². The molecular formula is C14H11ClF2O3S. The molecule has 0 radical (unpaired) electrons. The van der Waals surface area contributed by atoms with Crippen LogP contribution in [0.4, 0.5) is 8.78 Å². The molecule has 0 bridgehead atoms. The molecule has 0 aromatic heterocycles. The minimum Gasteiger partial charge on any atom is -0.496 e. The van der Waals surface area contributed by atoms with Gasteiger partial charge in [-0.25, -0.2) is 17.2 Å². The molecule has 0 N–H and O–H groups in total. The largest absolute Gasteiger partial charge is 0.496 e. The topological polar surface area (TPSA) is 43.4 Å². The summed E-state index contributed by atoms with van der Waals surface area (Å²) in [5, 5.41) is 0.353. The molecule has 0 unspecified atom stereocenters. The molecule has 21 heavy (non-hydrogen) atoms. The molecule has 0 aliphatic rings. The summed E-state index contributed by atoms with van der Waals surface area (Å²) in [5.41, 5.74) is 0.342. The molecule has 0 aliphatic heterocycles. The van der Waals surface area contributed by atoms with Crippen LogP contribution in [0, 0.1) is 11.6 Å². The molecule has 0 saturated heterocycles. The van der Waals surface area contributed by atoms with E-state index in [1.165, 1.54) is 13.2 Å². The smallest absolute Gasteiger partial charge is 0.182 e. The molecule has 3 nitrogen and oxygen atoms in total. The quantitative estimate of drug-likeness (QED) is 0.803. The van der Waals surface area contributed by atoms with Gasteiger partial charge in [-0.1, -0.05) is 11.6 Å². The summed E-state index contributed by atoms with van der Waals surface area (Å²) in [4.78, 5) is -0.302. The van der Waals surface area contributed by atoms with E-state index in [0.29, 0.717) is 22.4 Å². The van der Waals surface area contributed by atoms with E-state index in [1.807, 2.05) is 0 Å². The van der Waals surface area contributed by atoms with Crippen LogP contribution in [0.1, 0.15) is 5.56 Å². The van der Waals surface area contributed by atoms with Crippen molar-refractivity contribution in [3.63, 3.8) is 0 Å². The van der Waals surface area contributed by atoms with Crippen LogP contribution in [0.25, 0.3) is 0 Å². The van der Waals surface area contributed by atoms with Crippen molar-refractivity contribution in [1.82, 2.24) is 0 Å². The molecule has 112 valence electrons. The fourth-order valence-corrected chi connectivity index (χ4v) is 3.37. The lowest BCUT2D eigenvalue weighted by molar-refractivity contribution is 0.411. The molecule has 0 saturated carbocycles. The molecule has 2 rings (SSSR count). The Morgan fingerprint density at radius 3 is 2.43 bits per heavy atom. The van der Waals surface area contributed by atoms with Gasteiger partial charge in [0.25, 0.3) is 0 Å². The Labute approximate surface area is 126 Å². The predicted molar refractivity (Wildman–Crippen MR) is 75.3 cm³/mol. The maximum absolute atomic E-state index is 13.2. The van der Waals surface area contributed by atoms with Crippen LogP contribution in [0.2, 0.25) is 5.02 Å². The first-order chi connectivity index (χ1) is 9.83. The second kappa shape index (κ2) is 5.99. The van der Waals surface area contributed by atoms with Crippen molar-refractivity contribution in [2.24, 2.45) is 0 Å². The van der Waals surface area contributed by atoms with Crippen LogP contribution in [0.15, 0.2) is 41.3 Å². The Morgan fingerprint density at radius 1 is 1.10 bits per heavy atom. The SMILES string of the molecule is COc1ccc(Cl)cc1CS(=O)(=O)c1ccc(F)c(F)c1. The lowest BCUT2D eigenvalue weighted by Gasteiger charge is -2.10. The highest BCUT2D eigenvalue weighted by atomic mass is 35.5. The van der Waals surface area contributed by atoms with Gasteiger partial charge in [-0.2, -0.15) is 0 Å². The molecule has 0 amide bonds. The summed E-state index contributed by atoms with van der Waals surface area (Å²) >= 11 is 5.83. The molecule has 0 heterocycles. The van der Waals surface area contributed by atoms with Crippen LogP contribution >= 0.6 is 11.6 Å². The summed E-state index contributed by atoms with van der Waals surface area (Å²) in [6.07, 6.45) is 0. The Hall–Kier alpha value is -1.66. The number of benzene rings is 2. The standard InChI is InChI=1S/C14H11ClF2O3S/c1-20-14-5-2-10(15)6-9(14)8-21(18,19)11-3-4-12(16)13(17)7-11/h2-7H,8H2,1H3. The van der Waals surface area contributed by atoms with Crippen LogP contribution in [0.3, 0.4) is 0 Å². The van der Waals surface area contributed by atoms with Crippen LogP contribution < -0.4 is 4.74 Å². The molecule has 7 heteroatoms. The van der Waals surface area contributed by atoms with Gasteiger partial charge in [-0.05, 0) is 36.4 Å². The molecule has 0 atom stereocenters. The van der Waals surface area contributed by atoms with Gasteiger partial charge in [-0.15, -0.1) is 0 Å². The van der Waals surface area contributed by atoms with E-state index >= 15 is 0 Å². The van der Waals surface area contributed by atoms with Crippen molar-refractivity contribution < 1.29 is 21.9 Å². The minimum atomic E-state index is -3.85. The third-order valence-electron chi connectivity index (χ3n) is 2.84. The van der Waals surface area contributed by atoms with Gasteiger partial charge >= 0.3 is 0 Å². The van der Waals surface area contributed by atoms with E-state index in [0.717, 1.165) is 12.1 Å². The number of hydrogen-bond donors (Lipinski definition) is 0. The van der Waals surface area contributed by atoms with Gasteiger partial charge < -0.3 is 4.74 Å². The number of halogens is 3. The lowest BCUT2D eigenvalue weighted by Crippen LogP contribution is -2.07. The Bertz CT molecular complexity index is 776. The number of sulfone groups is 1. The van der Waals surface area contributed by atoms with Crippen LogP contribution in [-0.4, -0.2) is 15.5 Å². The maximum Gasteiger partial charge on any atom is 0.182 e. The number of ether oxygens (including phenoxy) is 1. The van der Waals surface area contributed by atoms with E-state index in [9.17, 15) is 17.2 Å². The zero-order valence-corrected chi connectivity index (χ0v) is 12.5. The Balaban J connectivity index is 2.41. The van der Waals surface area contributed by atoms with Crippen LogP contribution in [-0.2, 0) is 15.6 Å². The Kier molecular flexibility index (Phi) is 4.49. The van der Waals surface area contributed by atoms with Crippen molar-refractivity contribution in [3.8, 4) is 5.75 Å². The second-order valence-corrected chi connectivity index (χ2v) is 6.72. The van der Waals surface area contributed by atoms with Gasteiger partial charge in [-0.3, -0.25) is 0 Å². The molecule has 2 aromatic carbocycles. The fraction of sp³-hybridized carbons (Fsp3) is 0.143. The summed E-state index contributed by atoms with van der Waals surface area (Å²) in [6, 6.07) is 7.01. The second-order valence-electron chi connectivity index (χ2n) is 4.29. The number of rotatable bonds is 4. The molecule has 2 aromatic rings. The average molecular weight is 333 g/mol. The van der Waals surface area contributed by atoms with Crippen molar-refractivity contribution >= 4 is 21.4 Å². The van der Waals surface area contributed by atoms with E-state index in [2.05, 4.69) is 0 Å². The monoisotopic (exact) mass is 332 g/mol. The van der Waals surface area contributed by atoms with Gasteiger partial charge in [0, 0.05) is 10.6 Å². The predicted octanol–water partition coefficient (Wildman–Crippen LogP) is 3.60. The minimum absolute atomic E-state index is 0.302. The average Bonchev–Trinajstić information content (AvgIpc) is 2.41. The molecule has 0 aliphatic carbocycles. The van der Waals surface area contributed by atoms with E-state index in [1.54, 1.807) is 12.1 Å². The van der Waals surface area contributed by atoms with Crippen molar-refractivity contribution in [3.05, 3.63) is 58.6 Å². The van der Waals surface area contributed by atoms with Gasteiger partial charge in [0.05, 0.1) is 17.8 Å². The first-order valence-electron chi connectivity index (χ1n) is 5.84. The third kappa shape index (κ3) is 3.51. The molecular weight excluding hydrogens is 322 g/mol. The number of methoxy groups -OCH3 is 1. The summed E-state index contributed by atoms with van der Waals surface area (Å²) in [7, 11) is -2.45. The van der Waals surface area contributed by atoms with Gasteiger partial charge in [0.15, 0.2) is 21.5 Å². The van der Waals surface area contributed by atoms with E-state index in [4.69, 9.17) is 16.3 Å². The van der Waals surface area contributed by atoms with E-state index < -0.39 is 27.2 Å². The summed E-state index contributed by atoms with van der Waals surface area (Å²) in [5.74, 6) is -2.39. The summed E-state index contributed by atoms with van der Waals surface area (Å²) < 4.78 is 55.6. The molecule has 0 fully saturated rings.